The van der Waals surface area contributed by atoms with Gasteiger partial charge in [-0.05, 0) is 24.6 Å². The largest absolute Gasteiger partial charge is 0.478 e. The molecule has 0 aliphatic carbocycles. The van der Waals surface area contributed by atoms with Crippen molar-refractivity contribution in [2.45, 2.75) is 19.8 Å². The van der Waals surface area contributed by atoms with Gasteiger partial charge in [-0.2, -0.15) is 0 Å². The Bertz CT molecular complexity index is 449. The third-order valence-corrected chi connectivity index (χ3v) is 2.51. The highest BCUT2D eigenvalue weighted by molar-refractivity contribution is 6.31. The molecule has 1 aromatic carbocycles. The van der Waals surface area contributed by atoms with Crippen molar-refractivity contribution in [2.75, 3.05) is 11.9 Å². The van der Waals surface area contributed by atoms with Crippen molar-refractivity contribution in [3.63, 3.8) is 0 Å². The number of hydrogen-bond donors (Lipinski definition) is 3. The van der Waals surface area contributed by atoms with Crippen molar-refractivity contribution >= 4 is 29.3 Å². The Labute approximate surface area is 110 Å². The third-order valence-electron chi connectivity index (χ3n) is 2.28. The molecule has 18 heavy (non-hydrogen) atoms. The molecule has 1 aromatic rings. The highest BCUT2D eigenvalue weighted by Gasteiger charge is 2.12. The number of carbonyl (C=O) groups excluding carboxylic acids is 1. The predicted molar refractivity (Wildman–Crippen MR) is 70.3 cm³/mol. The van der Waals surface area contributed by atoms with Gasteiger partial charge in [0, 0.05) is 11.6 Å². The molecular weight excluding hydrogens is 256 g/mol. The Balaban J connectivity index is 2.72. The molecule has 5 nitrogen and oxygen atoms in total. The number of halogens is 1. The van der Waals surface area contributed by atoms with Gasteiger partial charge in [-0.25, -0.2) is 9.59 Å². The predicted octanol–water partition coefficient (Wildman–Crippen LogP) is 2.96. The molecule has 0 radical (unpaired) electrons. The minimum absolute atomic E-state index is 0.0341. The normalized spacial score (nSPS) is 9.89. The summed E-state index contributed by atoms with van der Waals surface area (Å²) < 4.78 is 0. The van der Waals surface area contributed by atoms with Crippen molar-refractivity contribution in [3.05, 3.63) is 28.8 Å². The van der Waals surface area contributed by atoms with Crippen LogP contribution < -0.4 is 10.6 Å². The number of carboxylic acids is 1. The number of nitrogens with one attached hydrogen (secondary N) is 2. The number of aromatic carboxylic acids is 1. The van der Waals surface area contributed by atoms with Gasteiger partial charge in [-0.3, -0.25) is 0 Å². The average Bonchev–Trinajstić information content (AvgIpc) is 2.31. The lowest BCUT2D eigenvalue weighted by atomic mass is 10.2. The second-order valence-corrected chi connectivity index (χ2v) is 4.17. The molecule has 0 saturated heterocycles. The molecule has 3 N–H and O–H groups in total. The van der Waals surface area contributed by atoms with Crippen LogP contribution in [0.5, 0.6) is 0 Å². The summed E-state index contributed by atoms with van der Waals surface area (Å²) >= 11 is 5.71. The zero-order valence-electron chi connectivity index (χ0n) is 10.00. The number of hydrogen-bond acceptors (Lipinski definition) is 2. The van der Waals surface area contributed by atoms with Crippen LogP contribution in [0.4, 0.5) is 10.5 Å². The van der Waals surface area contributed by atoms with Crippen molar-refractivity contribution in [3.8, 4) is 0 Å². The Morgan fingerprint density at radius 1 is 1.39 bits per heavy atom. The first-order valence-corrected chi connectivity index (χ1v) is 6.00. The van der Waals surface area contributed by atoms with Gasteiger partial charge in [0.25, 0.3) is 0 Å². The standard InChI is InChI=1S/C12H15ClN2O3/c1-2-3-6-14-12(18)15-10-5-4-8(13)7-9(10)11(16)17/h4-5,7H,2-3,6H2,1H3,(H,16,17)(H2,14,15,18). The fraction of sp³-hybridized carbons (Fsp3) is 0.333. The van der Waals surface area contributed by atoms with E-state index in [0.717, 1.165) is 12.8 Å². The van der Waals surface area contributed by atoms with Crippen molar-refractivity contribution < 1.29 is 14.7 Å². The molecule has 0 aromatic heterocycles. The molecule has 0 fully saturated rings. The van der Waals surface area contributed by atoms with Crippen LogP contribution in [-0.4, -0.2) is 23.7 Å². The summed E-state index contributed by atoms with van der Waals surface area (Å²) in [6.45, 7) is 2.57. The van der Waals surface area contributed by atoms with Crippen molar-refractivity contribution in [2.24, 2.45) is 0 Å². The van der Waals surface area contributed by atoms with Gasteiger partial charge in [-0.15, -0.1) is 0 Å². The van der Waals surface area contributed by atoms with Crippen molar-refractivity contribution in [1.82, 2.24) is 5.32 Å². The highest BCUT2D eigenvalue weighted by atomic mass is 35.5. The van der Waals surface area contributed by atoms with E-state index in [9.17, 15) is 9.59 Å². The first-order valence-electron chi connectivity index (χ1n) is 5.62. The number of rotatable bonds is 5. The van der Waals surface area contributed by atoms with E-state index >= 15 is 0 Å². The smallest absolute Gasteiger partial charge is 0.337 e. The van der Waals surface area contributed by atoms with Gasteiger partial charge < -0.3 is 15.7 Å². The van der Waals surface area contributed by atoms with Crippen LogP contribution in [0.2, 0.25) is 5.02 Å². The lowest BCUT2D eigenvalue weighted by Gasteiger charge is -2.09. The summed E-state index contributed by atoms with van der Waals surface area (Å²) in [6.07, 6.45) is 1.85. The number of carboxylic acid groups (broad SMARTS) is 1. The second kappa shape index (κ2) is 6.86. The maximum absolute atomic E-state index is 11.5. The second-order valence-electron chi connectivity index (χ2n) is 3.73. The molecule has 0 bridgehead atoms. The van der Waals surface area contributed by atoms with Crippen LogP contribution in [0.1, 0.15) is 30.1 Å². The van der Waals surface area contributed by atoms with Crippen LogP contribution in [0.25, 0.3) is 0 Å². The number of unbranched alkanes of at least 4 members (excludes halogenated alkanes) is 1. The molecule has 0 atom stereocenters. The van der Waals surface area contributed by atoms with Gasteiger partial charge >= 0.3 is 12.0 Å². The fourth-order valence-corrected chi connectivity index (χ4v) is 1.52. The minimum Gasteiger partial charge on any atom is -0.478 e. The molecule has 0 unspecified atom stereocenters. The maximum atomic E-state index is 11.5. The van der Waals surface area contributed by atoms with E-state index in [-0.39, 0.29) is 11.3 Å². The zero-order chi connectivity index (χ0) is 13.5. The van der Waals surface area contributed by atoms with Gasteiger partial charge in [0.05, 0.1) is 11.3 Å². The number of amides is 2. The summed E-state index contributed by atoms with van der Waals surface area (Å²) in [5.41, 5.74) is 0.189. The lowest BCUT2D eigenvalue weighted by molar-refractivity contribution is 0.0698. The van der Waals surface area contributed by atoms with E-state index in [0.29, 0.717) is 11.6 Å². The first kappa shape index (κ1) is 14.3. The molecule has 98 valence electrons. The summed E-state index contributed by atoms with van der Waals surface area (Å²) in [6, 6.07) is 3.86. The van der Waals surface area contributed by atoms with Crippen LogP contribution in [0.3, 0.4) is 0 Å². The fourth-order valence-electron chi connectivity index (χ4n) is 1.35. The van der Waals surface area contributed by atoms with Crippen LogP contribution in [-0.2, 0) is 0 Å². The van der Waals surface area contributed by atoms with Gasteiger partial charge in [-0.1, -0.05) is 24.9 Å². The summed E-state index contributed by atoms with van der Waals surface area (Å²) in [5, 5.41) is 14.4. The molecule has 0 spiro atoms. The Morgan fingerprint density at radius 2 is 2.11 bits per heavy atom. The minimum atomic E-state index is -1.14. The van der Waals surface area contributed by atoms with Crippen molar-refractivity contribution in [1.29, 1.82) is 0 Å². The number of urea groups is 1. The van der Waals surface area contributed by atoms with E-state index in [1.165, 1.54) is 18.2 Å². The molecule has 0 aliphatic rings. The maximum Gasteiger partial charge on any atom is 0.337 e. The molecule has 2 amide bonds. The number of benzene rings is 1. The summed E-state index contributed by atoms with van der Waals surface area (Å²) in [5.74, 6) is -1.14. The Morgan fingerprint density at radius 3 is 2.72 bits per heavy atom. The van der Waals surface area contributed by atoms with E-state index < -0.39 is 12.0 Å². The Hall–Kier alpha value is -1.75. The first-order chi connectivity index (χ1) is 8.54. The van der Waals surface area contributed by atoms with E-state index in [1.807, 2.05) is 6.92 Å². The Kier molecular flexibility index (Phi) is 5.45. The molecule has 0 saturated carbocycles. The van der Waals surface area contributed by atoms with E-state index in [4.69, 9.17) is 16.7 Å². The monoisotopic (exact) mass is 270 g/mol. The van der Waals surface area contributed by atoms with Gasteiger partial charge in [0.1, 0.15) is 0 Å². The summed E-state index contributed by atoms with van der Waals surface area (Å²) in [7, 11) is 0. The van der Waals surface area contributed by atoms with Crippen LogP contribution in [0.15, 0.2) is 18.2 Å². The molecule has 6 heteroatoms. The van der Waals surface area contributed by atoms with Gasteiger partial charge in [0.15, 0.2) is 0 Å². The SMILES string of the molecule is CCCCNC(=O)Nc1ccc(Cl)cc1C(=O)O. The zero-order valence-corrected chi connectivity index (χ0v) is 10.8. The molecule has 0 heterocycles. The van der Waals surface area contributed by atoms with E-state index in [1.54, 1.807) is 0 Å². The molecule has 0 aliphatic heterocycles. The number of carbonyl (C=O) groups is 2. The van der Waals surface area contributed by atoms with E-state index in [2.05, 4.69) is 10.6 Å². The molecular formula is C12H15ClN2O3. The average molecular weight is 271 g/mol. The third kappa shape index (κ3) is 4.25. The summed E-state index contributed by atoms with van der Waals surface area (Å²) in [4.78, 5) is 22.5. The topological polar surface area (TPSA) is 78.4 Å². The van der Waals surface area contributed by atoms with Crippen LogP contribution >= 0.6 is 11.6 Å². The quantitative estimate of drug-likeness (QED) is 0.720. The highest BCUT2D eigenvalue weighted by Crippen LogP contribution is 2.20. The lowest BCUT2D eigenvalue weighted by Crippen LogP contribution is -2.30. The van der Waals surface area contributed by atoms with Crippen LogP contribution in [0, 0.1) is 0 Å². The number of anilines is 1. The molecule has 1 rings (SSSR count). The van der Waals surface area contributed by atoms with Gasteiger partial charge in [0.2, 0.25) is 0 Å².